The molecule has 1 fully saturated rings. The van der Waals surface area contributed by atoms with Crippen molar-refractivity contribution in [1.82, 2.24) is 9.88 Å². The van der Waals surface area contributed by atoms with Crippen molar-refractivity contribution in [2.45, 2.75) is 31.8 Å². The maximum atomic E-state index is 8.62. The fourth-order valence-electron chi connectivity index (χ4n) is 1.78. The molecule has 0 unspecified atom stereocenters. The number of pyridine rings is 1. The summed E-state index contributed by atoms with van der Waals surface area (Å²) in [6, 6.07) is 6.73. The highest BCUT2D eigenvalue weighted by atomic mass is 35.5. The fourth-order valence-corrected chi connectivity index (χ4v) is 1.96. The zero-order valence-corrected chi connectivity index (χ0v) is 9.82. The molecular weight excluding hydrogens is 222 g/mol. The van der Waals surface area contributed by atoms with Crippen LogP contribution in [0.15, 0.2) is 18.3 Å². The average Bonchev–Trinajstić information content (AvgIpc) is 3.10. The minimum Gasteiger partial charge on any atom is -0.295 e. The number of aromatic nitrogens is 1. The Morgan fingerprint density at radius 2 is 2.38 bits per heavy atom. The van der Waals surface area contributed by atoms with Crippen molar-refractivity contribution < 1.29 is 0 Å². The molecule has 2 rings (SSSR count). The van der Waals surface area contributed by atoms with Gasteiger partial charge in [-0.1, -0.05) is 17.7 Å². The van der Waals surface area contributed by atoms with Crippen molar-refractivity contribution in [2.75, 3.05) is 6.54 Å². The Morgan fingerprint density at radius 3 is 3.00 bits per heavy atom. The summed E-state index contributed by atoms with van der Waals surface area (Å²) in [6.45, 7) is 1.63. The highest BCUT2D eigenvalue weighted by Crippen LogP contribution is 2.29. The summed E-state index contributed by atoms with van der Waals surface area (Å²) in [5.41, 5.74) is 1.05. The lowest BCUT2D eigenvalue weighted by Crippen LogP contribution is -2.26. The van der Waals surface area contributed by atoms with Crippen LogP contribution >= 0.6 is 11.6 Å². The third-order valence-electron chi connectivity index (χ3n) is 2.78. The summed E-state index contributed by atoms with van der Waals surface area (Å²) in [4.78, 5) is 6.39. The molecule has 1 aromatic heterocycles. The van der Waals surface area contributed by atoms with Crippen molar-refractivity contribution >= 4 is 11.6 Å². The lowest BCUT2D eigenvalue weighted by atomic mass is 10.2. The van der Waals surface area contributed by atoms with Crippen molar-refractivity contribution in [3.63, 3.8) is 0 Å². The van der Waals surface area contributed by atoms with Crippen LogP contribution in [0.25, 0.3) is 0 Å². The highest BCUT2D eigenvalue weighted by molar-refractivity contribution is 6.30. The monoisotopic (exact) mass is 235 g/mol. The molecule has 84 valence electrons. The first kappa shape index (κ1) is 11.4. The predicted octanol–water partition coefficient (Wildman–Crippen LogP) is 2.61. The van der Waals surface area contributed by atoms with E-state index in [1.165, 1.54) is 12.8 Å². The van der Waals surface area contributed by atoms with E-state index in [9.17, 15) is 0 Å². The van der Waals surface area contributed by atoms with Gasteiger partial charge in [0.05, 0.1) is 6.07 Å². The van der Waals surface area contributed by atoms with Gasteiger partial charge >= 0.3 is 0 Å². The minimum absolute atomic E-state index is 0.574. The average molecular weight is 236 g/mol. The van der Waals surface area contributed by atoms with Gasteiger partial charge in [0.15, 0.2) is 0 Å². The van der Waals surface area contributed by atoms with Crippen LogP contribution in [0.3, 0.4) is 0 Å². The zero-order chi connectivity index (χ0) is 11.4. The van der Waals surface area contributed by atoms with E-state index in [0.29, 0.717) is 17.6 Å². The van der Waals surface area contributed by atoms with Gasteiger partial charge in [-0.2, -0.15) is 5.26 Å². The number of hydrogen-bond donors (Lipinski definition) is 0. The number of halogens is 1. The molecule has 0 spiro atoms. The van der Waals surface area contributed by atoms with Crippen LogP contribution in [0.1, 0.15) is 24.8 Å². The third-order valence-corrected chi connectivity index (χ3v) is 3.12. The predicted molar refractivity (Wildman–Crippen MR) is 62.9 cm³/mol. The van der Waals surface area contributed by atoms with Gasteiger partial charge < -0.3 is 0 Å². The van der Waals surface area contributed by atoms with Gasteiger partial charge in [-0.25, -0.2) is 4.98 Å². The molecular formula is C12H14ClN3. The molecule has 0 aliphatic heterocycles. The van der Waals surface area contributed by atoms with Gasteiger partial charge in [0.2, 0.25) is 0 Å². The summed E-state index contributed by atoms with van der Waals surface area (Å²) in [5.74, 6) is 0. The second-order valence-electron chi connectivity index (χ2n) is 4.06. The van der Waals surface area contributed by atoms with Crippen molar-refractivity contribution in [2.24, 2.45) is 0 Å². The first-order chi connectivity index (χ1) is 7.81. The summed E-state index contributed by atoms with van der Waals surface area (Å²) in [6.07, 6.45) is 4.75. The molecule has 0 bridgehead atoms. The van der Waals surface area contributed by atoms with Gasteiger partial charge in [0.1, 0.15) is 5.15 Å². The summed E-state index contributed by atoms with van der Waals surface area (Å²) < 4.78 is 0. The second kappa shape index (κ2) is 5.29. The van der Waals surface area contributed by atoms with E-state index < -0.39 is 0 Å². The topological polar surface area (TPSA) is 39.9 Å². The lowest BCUT2D eigenvalue weighted by molar-refractivity contribution is 0.260. The zero-order valence-electron chi connectivity index (χ0n) is 9.06. The number of hydrogen-bond acceptors (Lipinski definition) is 3. The molecule has 1 aromatic rings. The van der Waals surface area contributed by atoms with Crippen molar-refractivity contribution in [1.29, 1.82) is 5.26 Å². The van der Waals surface area contributed by atoms with Crippen LogP contribution in [-0.4, -0.2) is 22.5 Å². The molecule has 0 aromatic carbocycles. The number of nitrogens with zero attached hydrogens (tertiary/aromatic N) is 3. The molecule has 1 aliphatic rings. The normalized spacial score (nSPS) is 15.1. The molecule has 0 amide bonds. The van der Waals surface area contributed by atoms with E-state index in [4.69, 9.17) is 16.9 Å². The van der Waals surface area contributed by atoms with Crippen LogP contribution in [0.5, 0.6) is 0 Å². The van der Waals surface area contributed by atoms with E-state index in [1.54, 1.807) is 6.20 Å². The highest BCUT2D eigenvalue weighted by Gasteiger charge is 2.28. The Hall–Kier alpha value is -1.11. The van der Waals surface area contributed by atoms with Gasteiger partial charge in [-0.15, -0.1) is 0 Å². The Balaban J connectivity index is 2.00. The maximum Gasteiger partial charge on any atom is 0.133 e. The third kappa shape index (κ3) is 2.94. The van der Waals surface area contributed by atoms with E-state index in [-0.39, 0.29) is 0 Å². The van der Waals surface area contributed by atoms with Crippen LogP contribution in [0.2, 0.25) is 5.15 Å². The molecule has 0 N–H and O–H groups in total. The molecule has 0 radical (unpaired) electrons. The second-order valence-corrected chi connectivity index (χ2v) is 4.42. The molecule has 4 heteroatoms. The van der Waals surface area contributed by atoms with Crippen molar-refractivity contribution in [3.8, 4) is 6.07 Å². The van der Waals surface area contributed by atoms with Gasteiger partial charge in [0.25, 0.3) is 0 Å². The molecule has 0 atom stereocenters. The first-order valence-corrected chi connectivity index (χ1v) is 5.89. The Labute approximate surface area is 101 Å². The summed E-state index contributed by atoms with van der Waals surface area (Å²) >= 11 is 6.02. The lowest BCUT2D eigenvalue weighted by Gasteiger charge is -2.20. The molecule has 16 heavy (non-hydrogen) atoms. The standard InChI is InChI=1S/C12H14ClN3/c13-12-10(3-1-7-15-12)9-16(8-2-6-14)11-4-5-11/h1,3,7,11H,2,4-5,8-9H2. The SMILES string of the molecule is N#CCCN(Cc1cccnc1Cl)C1CC1. The number of rotatable bonds is 5. The Kier molecular flexibility index (Phi) is 3.76. The Bertz CT molecular complexity index is 395. The van der Waals surface area contributed by atoms with Gasteiger partial charge in [0, 0.05) is 37.3 Å². The van der Waals surface area contributed by atoms with Crippen LogP contribution in [0, 0.1) is 11.3 Å². The molecule has 1 saturated carbocycles. The fraction of sp³-hybridized carbons (Fsp3) is 0.500. The molecule has 1 heterocycles. The minimum atomic E-state index is 0.574. The molecule has 0 saturated heterocycles. The van der Waals surface area contributed by atoms with Crippen LogP contribution < -0.4 is 0 Å². The van der Waals surface area contributed by atoms with E-state index in [1.807, 2.05) is 12.1 Å². The smallest absolute Gasteiger partial charge is 0.133 e. The van der Waals surface area contributed by atoms with Crippen molar-refractivity contribution in [3.05, 3.63) is 29.0 Å². The molecule has 1 aliphatic carbocycles. The largest absolute Gasteiger partial charge is 0.295 e. The summed E-state index contributed by atoms with van der Waals surface area (Å²) in [5, 5.41) is 9.20. The first-order valence-electron chi connectivity index (χ1n) is 5.51. The van der Waals surface area contributed by atoms with E-state index in [0.717, 1.165) is 18.7 Å². The van der Waals surface area contributed by atoms with E-state index >= 15 is 0 Å². The quantitative estimate of drug-likeness (QED) is 0.737. The molecule has 3 nitrogen and oxygen atoms in total. The number of nitriles is 1. The maximum absolute atomic E-state index is 8.62. The van der Waals surface area contributed by atoms with Gasteiger partial charge in [-0.05, 0) is 18.9 Å². The van der Waals surface area contributed by atoms with E-state index in [2.05, 4.69) is 16.0 Å². The van der Waals surface area contributed by atoms with Gasteiger partial charge in [-0.3, -0.25) is 4.90 Å². The van der Waals surface area contributed by atoms with Crippen LogP contribution in [-0.2, 0) is 6.54 Å². The summed E-state index contributed by atoms with van der Waals surface area (Å²) in [7, 11) is 0. The van der Waals surface area contributed by atoms with Crippen LogP contribution in [0.4, 0.5) is 0 Å². The Morgan fingerprint density at radius 1 is 1.56 bits per heavy atom.